The molecule has 0 radical (unpaired) electrons. The lowest BCUT2D eigenvalue weighted by atomic mass is 10.2. The third-order valence-corrected chi connectivity index (χ3v) is 5.50. The number of ether oxygens (including phenoxy) is 1. The van der Waals surface area contributed by atoms with Crippen LogP contribution in [-0.4, -0.2) is 22.1 Å². The zero-order valence-electron chi connectivity index (χ0n) is 16.3. The number of aromatic amines is 1. The molecule has 0 bridgehead atoms. The van der Waals surface area contributed by atoms with Gasteiger partial charge in [0.15, 0.2) is 5.57 Å². The average Bonchev–Trinajstić information content (AvgIpc) is 3.30. The lowest BCUT2D eigenvalue weighted by Crippen LogP contribution is -2.33. The second-order valence-corrected chi connectivity index (χ2v) is 7.39. The van der Waals surface area contributed by atoms with Crippen LogP contribution in [0, 0.1) is 11.3 Å². The highest BCUT2D eigenvalue weighted by molar-refractivity contribution is 7.07. The summed E-state index contributed by atoms with van der Waals surface area (Å²) in [6.45, 7) is 4.30. The molecule has 29 heavy (non-hydrogen) atoms. The molecule has 1 aromatic carbocycles. The van der Waals surface area contributed by atoms with Crippen molar-refractivity contribution in [3.63, 3.8) is 0 Å². The zero-order valence-corrected chi connectivity index (χ0v) is 17.1. The minimum atomic E-state index is -0.709. The molecule has 0 saturated heterocycles. The molecule has 0 aliphatic heterocycles. The first-order chi connectivity index (χ1) is 14.1. The second-order valence-electron chi connectivity index (χ2n) is 6.36. The van der Waals surface area contributed by atoms with E-state index >= 15 is 0 Å². The maximum absolute atomic E-state index is 12.9. The number of carbonyl (C=O) groups excluding carboxylic acids is 1. The van der Waals surface area contributed by atoms with Gasteiger partial charge in [-0.3, -0.25) is 9.36 Å². The Kier molecular flexibility index (Phi) is 6.52. The van der Waals surface area contributed by atoms with Gasteiger partial charge in [-0.1, -0.05) is 13.3 Å². The Hall–Kier alpha value is -3.31. The second kappa shape index (κ2) is 9.26. The van der Waals surface area contributed by atoms with Crippen molar-refractivity contribution in [2.45, 2.75) is 33.2 Å². The number of rotatable bonds is 7. The lowest BCUT2D eigenvalue weighted by molar-refractivity contribution is -0.136. The van der Waals surface area contributed by atoms with Crippen molar-refractivity contribution in [3.8, 4) is 6.07 Å². The average molecular weight is 410 g/mol. The number of unbranched alkanes of at least 4 members (excludes halogenated alkanes) is 1. The van der Waals surface area contributed by atoms with Crippen LogP contribution in [0.2, 0.25) is 0 Å². The Balaban J connectivity index is 2.08. The Labute approximate surface area is 171 Å². The van der Waals surface area contributed by atoms with Crippen molar-refractivity contribution in [1.29, 1.82) is 5.26 Å². The Morgan fingerprint density at radius 3 is 2.93 bits per heavy atom. The number of benzene rings is 1. The summed E-state index contributed by atoms with van der Waals surface area (Å²) >= 11 is 1.11. The number of nitrogens with one attached hydrogen (secondary N) is 2. The van der Waals surface area contributed by atoms with Crippen molar-refractivity contribution in [1.82, 2.24) is 9.55 Å². The highest BCUT2D eigenvalue weighted by Crippen LogP contribution is 2.17. The molecule has 0 spiro atoms. The van der Waals surface area contributed by atoms with Gasteiger partial charge in [-0.2, -0.15) is 5.26 Å². The van der Waals surface area contributed by atoms with Crippen molar-refractivity contribution < 1.29 is 9.53 Å². The standard InChI is InChI=1S/C21H22N4O3S/c1-3-5-10-25-19(26)18(29-20(25)16(12-22)21(27)28-4-2)13-24-15-6-7-17-14(11-15)8-9-23-17/h6-9,11,13,23-24H,3-5,10H2,1-2H3. The number of H-pyrrole nitrogens is 1. The monoisotopic (exact) mass is 410 g/mol. The van der Waals surface area contributed by atoms with Crippen LogP contribution in [0.3, 0.4) is 0 Å². The number of carbonyl (C=O) groups is 1. The van der Waals surface area contributed by atoms with E-state index in [1.807, 2.05) is 43.5 Å². The third-order valence-electron chi connectivity index (χ3n) is 4.37. The molecule has 0 aliphatic rings. The first kappa shape index (κ1) is 20.4. The molecule has 150 valence electrons. The summed E-state index contributed by atoms with van der Waals surface area (Å²) in [6.07, 6.45) is 5.14. The zero-order chi connectivity index (χ0) is 20.8. The Bertz CT molecular complexity index is 1240. The molecular weight excluding hydrogens is 388 g/mol. The molecule has 0 saturated carbocycles. The number of fused-ring (bicyclic) bond motifs is 1. The summed E-state index contributed by atoms with van der Waals surface area (Å²) in [5.41, 5.74) is 1.49. The van der Waals surface area contributed by atoms with Gasteiger partial charge in [0.1, 0.15) is 15.3 Å². The fourth-order valence-electron chi connectivity index (χ4n) is 2.90. The van der Waals surface area contributed by atoms with Crippen molar-refractivity contribution in [3.05, 3.63) is 50.0 Å². The predicted molar refractivity (Wildman–Crippen MR) is 115 cm³/mol. The summed E-state index contributed by atoms with van der Waals surface area (Å²) in [7, 11) is 0. The highest BCUT2D eigenvalue weighted by atomic mass is 32.1. The molecule has 0 fully saturated rings. The summed E-state index contributed by atoms with van der Waals surface area (Å²) in [6, 6.07) is 9.70. The van der Waals surface area contributed by atoms with Gasteiger partial charge in [-0.05, 0) is 37.6 Å². The molecule has 0 unspecified atom stereocenters. The molecule has 0 aliphatic carbocycles. The Morgan fingerprint density at radius 2 is 2.21 bits per heavy atom. The smallest absolute Gasteiger partial charge is 0.351 e. The first-order valence-corrected chi connectivity index (χ1v) is 10.3. The van der Waals surface area contributed by atoms with Gasteiger partial charge in [0.25, 0.3) is 5.56 Å². The van der Waals surface area contributed by atoms with E-state index in [0.717, 1.165) is 40.8 Å². The van der Waals surface area contributed by atoms with Crippen molar-refractivity contribution in [2.24, 2.45) is 0 Å². The normalized spacial score (nSPS) is 12.7. The van der Waals surface area contributed by atoms with Crippen LogP contribution in [0.5, 0.6) is 0 Å². The van der Waals surface area contributed by atoms with E-state index < -0.39 is 5.97 Å². The van der Waals surface area contributed by atoms with E-state index in [9.17, 15) is 14.9 Å². The van der Waals surface area contributed by atoms with E-state index in [4.69, 9.17) is 4.74 Å². The molecule has 2 aromatic heterocycles. The Morgan fingerprint density at radius 1 is 1.38 bits per heavy atom. The van der Waals surface area contributed by atoms with Crippen LogP contribution in [0.15, 0.2) is 35.3 Å². The van der Waals surface area contributed by atoms with Gasteiger partial charge in [-0.25, -0.2) is 4.79 Å². The minimum Gasteiger partial charge on any atom is -0.462 e. The fraction of sp³-hybridized carbons (Fsp3) is 0.286. The van der Waals surface area contributed by atoms with E-state index in [1.54, 1.807) is 13.1 Å². The molecule has 2 heterocycles. The quantitative estimate of drug-likeness (QED) is 0.582. The number of hydrogen-bond acceptors (Lipinski definition) is 6. The van der Waals surface area contributed by atoms with Gasteiger partial charge in [0.2, 0.25) is 0 Å². The molecule has 0 amide bonds. The van der Waals surface area contributed by atoms with Crippen LogP contribution >= 0.6 is 11.3 Å². The highest BCUT2D eigenvalue weighted by Gasteiger charge is 2.16. The van der Waals surface area contributed by atoms with Crippen LogP contribution in [-0.2, 0) is 16.1 Å². The van der Waals surface area contributed by atoms with E-state index in [-0.39, 0.29) is 17.7 Å². The SMILES string of the molecule is CCCCn1c(=C(C#N)C(=O)OCC)sc(=CNc2ccc3[nH]ccc3c2)c1=O. The number of thiazole rings is 1. The van der Waals surface area contributed by atoms with Gasteiger partial charge >= 0.3 is 5.97 Å². The first-order valence-electron chi connectivity index (χ1n) is 9.44. The molecule has 8 heteroatoms. The maximum Gasteiger partial charge on any atom is 0.351 e. The van der Waals surface area contributed by atoms with E-state index in [0.29, 0.717) is 15.7 Å². The topological polar surface area (TPSA) is 99.9 Å². The summed E-state index contributed by atoms with van der Waals surface area (Å²) in [4.78, 5) is 28.2. The lowest BCUT2D eigenvalue weighted by Gasteiger charge is -2.02. The molecule has 3 aromatic rings. The van der Waals surface area contributed by atoms with Crippen molar-refractivity contribution in [2.75, 3.05) is 11.9 Å². The molecular formula is C21H22N4O3S. The van der Waals surface area contributed by atoms with Crippen LogP contribution in [0.4, 0.5) is 5.69 Å². The largest absolute Gasteiger partial charge is 0.462 e. The fourth-order valence-corrected chi connectivity index (χ4v) is 3.94. The van der Waals surface area contributed by atoms with Gasteiger partial charge in [0.05, 0.1) is 6.61 Å². The van der Waals surface area contributed by atoms with Crippen LogP contribution in [0.25, 0.3) is 22.7 Å². The summed E-state index contributed by atoms with van der Waals surface area (Å²) < 4.78 is 7.23. The molecule has 3 rings (SSSR count). The van der Waals surface area contributed by atoms with Crippen LogP contribution in [0.1, 0.15) is 26.7 Å². The summed E-state index contributed by atoms with van der Waals surface area (Å²) in [5.74, 6) is -0.709. The third kappa shape index (κ3) is 4.41. The number of anilines is 1. The van der Waals surface area contributed by atoms with Gasteiger partial charge in [0, 0.05) is 35.5 Å². The number of nitriles is 1. The predicted octanol–water partition coefficient (Wildman–Crippen LogP) is 2.28. The van der Waals surface area contributed by atoms with Gasteiger partial charge in [-0.15, -0.1) is 11.3 Å². The van der Waals surface area contributed by atoms with Crippen LogP contribution < -0.4 is 20.1 Å². The molecule has 2 N–H and O–H groups in total. The number of esters is 1. The molecule has 0 atom stereocenters. The summed E-state index contributed by atoms with van der Waals surface area (Å²) in [5, 5.41) is 13.7. The maximum atomic E-state index is 12.9. The number of nitrogens with zero attached hydrogens (tertiary/aromatic N) is 2. The van der Waals surface area contributed by atoms with Crippen molar-refractivity contribution >= 4 is 45.7 Å². The van der Waals surface area contributed by atoms with Gasteiger partial charge < -0.3 is 15.0 Å². The van der Waals surface area contributed by atoms with E-state index in [2.05, 4.69) is 10.3 Å². The van der Waals surface area contributed by atoms with E-state index in [1.165, 1.54) is 4.57 Å². The minimum absolute atomic E-state index is 0.140. The molecule has 7 nitrogen and oxygen atoms in total. The number of hydrogen-bond donors (Lipinski definition) is 2. The number of aromatic nitrogens is 2.